The maximum Gasteiger partial charge on any atom is 0.192 e. The van der Waals surface area contributed by atoms with Crippen LogP contribution >= 0.6 is 0 Å². The zero-order chi connectivity index (χ0) is 16.8. The molecule has 2 atom stereocenters. The Labute approximate surface area is 132 Å². The van der Waals surface area contributed by atoms with Crippen LogP contribution in [0.1, 0.15) is 54.9 Å². The molecule has 0 aromatic heterocycles. The molecule has 0 saturated heterocycles. The summed E-state index contributed by atoms with van der Waals surface area (Å²) >= 11 is 0. The molecule has 0 amide bonds. The summed E-state index contributed by atoms with van der Waals surface area (Å²) in [6.45, 7) is 19.6. The van der Waals surface area contributed by atoms with E-state index < -0.39 is 8.32 Å². The molecular weight excluding hydrogens is 276 g/mol. The number of rotatable bonds is 7. The second kappa shape index (κ2) is 8.09. The third kappa shape index (κ3) is 5.91. The molecule has 2 nitrogen and oxygen atoms in total. The van der Waals surface area contributed by atoms with Crippen molar-refractivity contribution in [3.8, 4) is 0 Å². The van der Waals surface area contributed by atoms with Gasteiger partial charge in [-0.05, 0) is 56.5 Å². The van der Waals surface area contributed by atoms with Crippen LogP contribution in [-0.2, 0) is 9.22 Å². The molecule has 0 bridgehead atoms. The quantitative estimate of drug-likeness (QED) is 0.268. The Hall–Kier alpha value is -0.673. The molecule has 21 heavy (non-hydrogen) atoms. The van der Waals surface area contributed by atoms with Gasteiger partial charge in [-0.1, -0.05) is 39.8 Å². The zero-order valence-electron chi connectivity index (χ0n) is 15.4. The summed E-state index contributed by atoms with van der Waals surface area (Å²) in [5.74, 6) is 0.250. The van der Waals surface area contributed by atoms with Crippen LogP contribution in [0.2, 0.25) is 18.1 Å². The van der Waals surface area contributed by atoms with Crippen molar-refractivity contribution in [2.24, 2.45) is 5.92 Å². The molecule has 0 saturated carbocycles. The molecular formula is C18H34O2Si. The fourth-order valence-corrected chi connectivity index (χ4v) is 3.32. The van der Waals surface area contributed by atoms with Crippen LogP contribution in [0.5, 0.6) is 0 Å². The van der Waals surface area contributed by atoms with Gasteiger partial charge < -0.3 is 4.43 Å². The lowest BCUT2D eigenvalue weighted by molar-refractivity contribution is -0.104. The number of carbonyl (C=O) groups is 1. The monoisotopic (exact) mass is 310 g/mol. The third-order valence-corrected chi connectivity index (χ3v) is 9.11. The Balaban J connectivity index is 5.55. The molecule has 0 unspecified atom stereocenters. The number of aldehydes is 1. The predicted molar refractivity (Wildman–Crippen MR) is 95.1 cm³/mol. The summed E-state index contributed by atoms with van der Waals surface area (Å²) in [6, 6.07) is 0. The predicted octanol–water partition coefficient (Wildman–Crippen LogP) is 5.51. The highest BCUT2D eigenvalue weighted by atomic mass is 28.4. The average Bonchev–Trinajstić information content (AvgIpc) is 2.39. The minimum absolute atomic E-state index is 0.0655. The van der Waals surface area contributed by atoms with E-state index in [1.165, 1.54) is 5.57 Å². The van der Waals surface area contributed by atoms with Crippen molar-refractivity contribution in [1.82, 2.24) is 0 Å². The first-order valence-electron chi connectivity index (χ1n) is 7.94. The largest absolute Gasteiger partial charge is 0.410 e. The molecule has 0 spiro atoms. The number of allylic oxidation sites excluding steroid dienone is 2. The zero-order valence-corrected chi connectivity index (χ0v) is 16.4. The van der Waals surface area contributed by atoms with Gasteiger partial charge in [0.2, 0.25) is 0 Å². The Morgan fingerprint density at radius 2 is 1.76 bits per heavy atom. The molecule has 122 valence electrons. The van der Waals surface area contributed by atoms with Gasteiger partial charge in [0, 0.05) is 5.92 Å². The molecule has 0 aliphatic carbocycles. The van der Waals surface area contributed by atoms with Crippen molar-refractivity contribution >= 4 is 14.6 Å². The summed E-state index contributed by atoms with van der Waals surface area (Å²) in [7, 11) is -1.85. The van der Waals surface area contributed by atoms with Gasteiger partial charge in [-0.25, -0.2) is 0 Å². The van der Waals surface area contributed by atoms with Gasteiger partial charge in [0.15, 0.2) is 8.32 Å². The molecule has 0 rings (SSSR count). The lowest BCUT2D eigenvalue weighted by Gasteiger charge is -2.41. The summed E-state index contributed by atoms with van der Waals surface area (Å²) in [5, 5.41) is 0.182. The van der Waals surface area contributed by atoms with E-state index in [0.717, 1.165) is 18.3 Å². The molecule has 0 N–H and O–H groups in total. The third-order valence-electron chi connectivity index (χ3n) is 4.66. The molecule has 0 radical (unpaired) electrons. The molecule has 3 heteroatoms. The Morgan fingerprint density at radius 1 is 1.24 bits per heavy atom. The van der Waals surface area contributed by atoms with Gasteiger partial charge in [-0.15, -0.1) is 0 Å². The summed E-state index contributed by atoms with van der Waals surface area (Å²) in [5.41, 5.74) is 2.04. The average molecular weight is 311 g/mol. The number of hydrogen-bond acceptors (Lipinski definition) is 2. The van der Waals surface area contributed by atoms with Crippen LogP contribution in [-0.4, -0.2) is 20.7 Å². The summed E-state index contributed by atoms with van der Waals surface area (Å²) in [4.78, 5) is 10.9. The Bertz CT molecular complexity index is 400. The van der Waals surface area contributed by atoms with Crippen molar-refractivity contribution in [3.05, 3.63) is 23.3 Å². The first-order valence-corrected chi connectivity index (χ1v) is 10.8. The van der Waals surface area contributed by atoms with Crippen molar-refractivity contribution in [1.29, 1.82) is 0 Å². The molecule has 0 aliphatic rings. The fraction of sp³-hybridized carbons (Fsp3) is 0.722. The van der Waals surface area contributed by atoms with E-state index in [2.05, 4.69) is 66.8 Å². The highest BCUT2D eigenvalue weighted by Crippen LogP contribution is 2.39. The van der Waals surface area contributed by atoms with Gasteiger partial charge in [-0.3, -0.25) is 4.79 Å². The van der Waals surface area contributed by atoms with Crippen molar-refractivity contribution in [2.45, 2.75) is 79.1 Å². The highest BCUT2D eigenvalue weighted by Gasteiger charge is 2.40. The van der Waals surface area contributed by atoms with Gasteiger partial charge >= 0.3 is 0 Å². The van der Waals surface area contributed by atoms with E-state index in [9.17, 15) is 4.79 Å². The number of carbonyl (C=O) groups excluding carboxylic acids is 1. The van der Waals surface area contributed by atoms with Crippen LogP contribution in [0.15, 0.2) is 23.3 Å². The smallest absolute Gasteiger partial charge is 0.192 e. The second-order valence-electron chi connectivity index (χ2n) is 7.43. The SMILES string of the molecule is C/C=C(\C)[C@H](O[Si](C)(C)C(C)(C)C)[C@H](/C=C(\C)C=O)CC. The first kappa shape index (κ1) is 20.3. The van der Waals surface area contributed by atoms with E-state index >= 15 is 0 Å². The van der Waals surface area contributed by atoms with Crippen molar-refractivity contribution in [3.63, 3.8) is 0 Å². The molecule has 0 heterocycles. The van der Waals surface area contributed by atoms with Crippen LogP contribution in [0, 0.1) is 5.92 Å². The van der Waals surface area contributed by atoms with Crippen molar-refractivity contribution < 1.29 is 9.22 Å². The molecule has 0 fully saturated rings. The van der Waals surface area contributed by atoms with E-state index in [-0.39, 0.29) is 17.1 Å². The highest BCUT2D eigenvalue weighted by molar-refractivity contribution is 6.74. The number of hydrogen-bond donors (Lipinski definition) is 0. The lowest BCUT2D eigenvalue weighted by Crippen LogP contribution is -2.46. The van der Waals surface area contributed by atoms with Crippen LogP contribution in [0.3, 0.4) is 0 Å². The van der Waals surface area contributed by atoms with Crippen molar-refractivity contribution in [2.75, 3.05) is 0 Å². The van der Waals surface area contributed by atoms with E-state index in [4.69, 9.17) is 4.43 Å². The van der Waals surface area contributed by atoms with E-state index in [1.54, 1.807) is 0 Å². The summed E-state index contributed by atoms with van der Waals surface area (Å²) in [6.07, 6.45) is 6.16. The standard InChI is InChI=1S/C18H34O2Si/c1-10-15(4)17(16(11-2)12-14(3)13-19)20-21(8,9)18(5,6)7/h10,12-13,16-17H,11H2,1-9H3/b14-12+,15-10+/t16-,17-/m0/s1. The minimum Gasteiger partial charge on any atom is -0.410 e. The summed E-state index contributed by atoms with van der Waals surface area (Å²) < 4.78 is 6.66. The Morgan fingerprint density at radius 3 is 2.10 bits per heavy atom. The lowest BCUT2D eigenvalue weighted by atomic mass is 9.92. The van der Waals surface area contributed by atoms with Crippen LogP contribution in [0.4, 0.5) is 0 Å². The molecule has 0 aromatic rings. The topological polar surface area (TPSA) is 26.3 Å². The van der Waals surface area contributed by atoms with Crippen LogP contribution < -0.4 is 0 Å². The fourth-order valence-electron chi connectivity index (χ4n) is 1.97. The minimum atomic E-state index is -1.85. The van der Waals surface area contributed by atoms with Crippen LogP contribution in [0.25, 0.3) is 0 Å². The second-order valence-corrected chi connectivity index (χ2v) is 12.2. The van der Waals surface area contributed by atoms with E-state index in [0.29, 0.717) is 0 Å². The van der Waals surface area contributed by atoms with E-state index in [1.807, 2.05) is 6.92 Å². The van der Waals surface area contributed by atoms with Gasteiger partial charge in [0.1, 0.15) is 6.29 Å². The van der Waals surface area contributed by atoms with Gasteiger partial charge in [0.25, 0.3) is 0 Å². The first-order chi connectivity index (χ1) is 9.50. The van der Waals surface area contributed by atoms with Gasteiger partial charge in [0.05, 0.1) is 6.10 Å². The Kier molecular flexibility index (Phi) is 7.83. The van der Waals surface area contributed by atoms with Gasteiger partial charge in [-0.2, -0.15) is 0 Å². The normalized spacial score (nSPS) is 17.6. The molecule has 0 aromatic carbocycles. The molecule has 0 aliphatic heterocycles. The maximum atomic E-state index is 10.9. The maximum absolute atomic E-state index is 10.9.